The molecule has 0 fully saturated rings. The van der Waals surface area contributed by atoms with Crippen LogP contribution in [0.4, 0.5) is 0 Å². The fraction of sp³-hybridized carbons (Fsp3) is 0.529. The van der Waals surface area contributed by atoms with Crippen LogP contribution in [0.25, 0.3) is 0 Å². The van der Waals surface area contributed by atoms with E-state index < -0.39 is 0 Å². The van der Waals surface area contributed by atoms with Crippen LogP contribution < -0.4 is 10.6 Å². The van der Waals surface area contributed by atoms with Crippen LogP contribution in [0, 0.1) is 13.8 Å². The lowest BCUT2D eigenvalue weighted by Crippen LogP contribution is -2.43. The maximum absolute atomic E-state index is 4.49. The zero-order chi connectivity index (χ0) is 16.8. The Hall–Kier alpha value is -1.09. The summed E-state index contributed by atoms with van der Waals surface area (Å²) in [6.07, 6.45) is 1.95. The second-order valence-corrected chi connectivity index (χ2v) is 6.68. The van der Waals surface area contributed by atoms with E-state index in [4.69, 9.17) is 0 Å². The standard InChI is InChI=1S/C17H27N5S.HI/c1-12(10-16-13(2)21-22(5)14(16)3)20-17(18-4)19-8-6-15-7-9-23-11-15;/h7,9,11-12H,6,8,10H2,1-5H3,(H2,18,19,20);1H. The topological polar surface area (TPSA) is 54.2 Å². The van der Waals surface area contributed by atoms with Crippen LogP contribution in [0.3, 0.4) is 0 Å². The number of thiophene rings is 1. The van der Waals surface area contributed by atoms with E-state index in [1.807, 2.05) is 18.8 Å². The summed E-state index contributed by atoms with van der Waals surface area (Å²) in [5, 5.41) is 15.6. The van der Waals surface area contributed by atoms with Crippen LogP contribution in [0.1, 0.15) is 29.4 Å². The Morgan fingerprint density at radius 2 is 2.17 bits per heavy atom. The predicted molar refractivity (Wildman–Crippen MR) is 114 cm³/mol. The number of rotatable bonds is 6. The van der Waals surface area contributed by atoms with Gasteiger partial charge in [-0.3, -0.25) is 9.67 Å². The number of aliphatic imine (C=N–C) groups is 1. The fourth-order valence-corrected chi connectivity index (χ4v) is 3.36. The van der Waals surface area contributed by atoms with Crippen molar-refractivity contribution in [1.29, 1.82) is 0 Å². The molecule has 0 spiro atoms. The first-order valence-corrected chi connectivity index (χ1v) is 8.93. The summed E-state index contributed by atoms with van der Waals surface area (Å²) in [7, 11) is 3.81. The highest BCUT2D eigenvalue weighted by Crippen LogP contribution is 2.14. The lowest BCUT2D eigenvalue weighted by atomic mass is 10.1. The predicted octanol–water partition coefficient (Wildman–Crippen LogP) is 3.06. The highest BCUT2D eigenvalue weighted by Gasteiger charge is 2.13. The Balaban J connectivity index is 0.00000288. The van der Waals surface area contributed by atoms with E-state index in [0.717, 1.165) is 31.0 Å². The van der Waals surface area contributed by atoms with Crippen LogP contribution in [0.2, 0.25) is 0 Å². The SMILES string of the molecule is CN=C(NCCc1ccsc1)NC(C)Cc1c(C)nn(C)c1C.I. The van der Waals surface area contributed by atoms with Gasteiger partial charge >= 0.3 is 0 Å². The van der Waals surface area contributed by atoms with Crippen molar-refractivity contribution in [2.75, 3.05) is 13.6 Å². The lowest BCUT2D eigenvalue weighted by molar-refractivity contribution is 0.635. The fourth-order valence-electron chi connectivity index (χ4n) is 2.66. The molecule has 24 heavy (non-hydrogen) atoms. The van der Waals surface area contributed by atoms with Gasteiger partial charge in [0, 0.05) is 32.4 Å². The first-order valence-electron chi connectivity index (χ1n) is 7.98. The molecule has 0 radical (unpaired) electrons. The van der Waals surface area contributed by atoms with Crippen molar-refractivity contribution in [2.24, 2.45) is 12.0 Å². The van der Waals surface area contributed by atoms with Gasteiger partial charge in [0.15, 0.2) is 5.96 Å². The number of guanidine groups is 1. The first-order chi connectivity index (χ1) is 11.0. The first kappa shape index (κ1) is 21.0. The van der Waals surface area contributed by atoms with Crippen molar-refractivity contribution in [1.82, 2.24) is 20.4 Å². The third-order valence-electron chi connectivity index (χ3n) is 4.06. The van der Waals surface area contributed by atoms with E-state index in [0.29, 0.717) is 6.04 Å². The smallest absolute Gasteiger partial charge is 0.191 e. The van der Waals surface area contributed by atoms with Crippen LogP contribution >= 0.6 is 35.3 Å². The van der Waals surface area contributed by atoms with E-state index in [1.54, 1.807) is 11.3 Å². The van der Waals surface area contributed by atoms with E-state index in [9.17, 15) is 0 Å². The molecule has 2 N–H and O–H groups in total. The third-order valence-corrected chi connectivity index (χ3v) is 4.79. The van der Waals surface area contributed by atoms with Crippen LogP contribution in [0.5, 0.6) is 0 Å². The second kappa shape index (κ2) is 10.0. The van der Waals surface area contributed by atoms with Gasteiger partial charge in [0.2, 0.25) is 0 Å². The molecule has 1 atom stereocenters. The molecule has 0 saturated heterocycles. The molecule has 1 unspecified atom stereocenters. The van der Waals surface area contributed by atoms with Gasteiger partial charge in [-0.15, -0.1) is 24.0 Å². The molecule has 2 rings (SSSR count). The normalized spacial score (nSPS) is 12.6. The summed E-state index contributed by atoms with van der Waals surface area (Å²) in [5.41, 5.74) is 5.03. The van der Waals surface area contributed by atoms with Crippen molar-refractivity contribution in [3.05, 3.63) is 39.3 Å². The highest BCUT2D eigenvalue weighted by atomic mass is 127. The molecule has 2 aromatic heterocycles. The minimum Gasteiger partial charge on any atom is -0.356 e. The Kier molecular flexibility index (Phi) is 8.75. The molecule has 134 valence electrons. The van der Waals surface area contributed by atoms with Crippen molar-refractivity contribution < 1.29 is 0 Å². The van der Waals surface area contributed by atoms with Crippen molar-refractivity contribution in [3.8, 4) is 0 Å². The summed E-state index contributed by atoms with van der Waals surface area (Å²) >= 11 is 1.74. The van der Waals surface area contributed by atoms with Gasteiger partial charge in [-0.2, -0.15) is 16.4 Å². The third kappa shape index (κ3) is 5.77. The number of nitrogens with zero attached hydrogens (tertiary/aromatic N) is 3. The molecular formula is C17H28IN5S. The van der Waals surface area contributed by atoms with Crippen LogP contribution in [-0.2, 0) is 19.9 Å². The Morgan fingerprint density at radius 3 is 2.71 bits per heavy atom. The van der Waals surface area contributed by atoms with Gasteiger partial charge in [0.1, 0.15) is 0 Å². The largest absolute Gasteiger partial charge is 0.356 e. The van der Waals surface area contributed by atoms with Gasteiger partial charge in [-0.25, -0.2) is 0 Å². The summed E-state index contributed by atoms with van der Waals surface area (Å²) in [5.74, 6) is 0.854. The Bertz CT molecular complexity index is 648. The number of hydrogen-bond donors (Lipinski definition) is 2. The van der Waals surface area contributed by atoms with Gasteiger partial charge in [-0.1, -0.05) is 0 Å². The summed E-state index contributed by atoms with van der Waals surface area (Å²) in [6, 6.07) is 2.46. The number of nitrogens with one attached hydrogen (secondary N) is 2. The zero-order valence-electron chi connectivity index (χ0n) is 15.1. The van der Waals surface area contributed by atoms with Gasteiger partial charge in [0.05, 0.1) is 5.69 Å². The molecule has 2 heterocycles. The van der Waals surface area contributed by atoms with E-state index in [-0.39, 0.29) is 24.0 Å². The molecule has 0 aromatic carbocycles. The maximum Gasteiger partial charge on any atom is 0.191 e. The molecular weight excluding hydrogens is 433 g/mol. The summed E-state index contributed by atoms with van der Waals surface area (Å²) in [4.78, 5) is 4.31. The molecule has 2 aromatic rings. The van der Waals surface area contributed by atoms with Gasteiger partial charge in [-0.05, 0) is 61.6 Å². The van der Waals surface area contributed by atoms with Crippen molar-refractivity contribution in [3.63, 3.8) is 0 Å². The highest BCUT2D eigenvalue weighted by molar-refractivity contribution is 14.0. The average Bonchev–Trinajstić information content (AvgIpc) is 3.11. The van der Waals surface area contributed by atoms with Gasteiger partial charge < -0.3 is 10.6 Å². The summed E-state index contributed by atoms with van der Waals surface area (Å²) < 4.78 is 1.95. The maximum atomic E-state index is 4.49. The molecule has 0 bridgehead atoms. The average molecular weight is 461 g/mol. The Labute approximate surface area is 166 Å². The Morgan fingerprint density at radius 1 is 1.42 bits per heavy atom. The van der Waals surface area contributed by atoms with E-state index >= 15 is 0 Å². The van der Waals surface area contributed by atoms with E-state index in [1.165, 1.54) is 16.8 Å². The molecule has 0 aliphatic heterocycles. The van der Waals surface area contributed by atoms with Crippen LogP contribution in [-0.4, -0.2) is 35.4 Å². The molecule has 7 heteroatoms. The van der Waals surface area contributed by atoms with Gasteiger partial charge in [0.25, 0.3) is 0 Å². The minimum atomic E-state index is 0. The molecule has 0 saturated carbocycles. The van der Waals surface area contributed by atoms with E-state index in [2.05, 4.69) is 58.3 Å². The molecule has 5 nitrogen and oxygen atoms in total. The number of hydrogen-bond acceptors (Lipinski definition) is 3. The second-order valence-electron chi connectivity index (χ2n) is 5.90. The summed E-state index contributed by atoms with van der Waals surface area (Å²) in [6.45, 7) is 7.25. The van der Waals surface area contributed by atoms with Crippen molar-refractivity contribution in [2.45, 2.75) is 39.7 Å². The monoisotopic (exact) mass is 461 g/mol. The number of halogens is 1. The minimum absolute atomic E-state index is 0. The lowest BCUT2D eigenvalue weighted by Gasteiger charge is -2.18. The molecule has 0 aliphatic carbocycles. The van der Waals surface area contributed by atoms with Crippen LogP contribution in [0.15, 0.2) is 21.8 Å². The van der Waals surface area contributed by atoms with Crippen molar-refractivity contribution >= 4 is 41.3 Å². The number of aryl methyl sites for hydroxylation is 2. The molecule has 0 amide bonds. The number of aromatic nitrogens is 2. The zero-order valence-corrected chi connectivity index (χ0v) is 18.2. The quantitative estimate of drug-likeness (QED) is 0.395. The molecule has 0 aliphatic rings.